The van der Waals surface area contributed by atoms with Crippen molar-refractivity contribution in [1.82, 2.24) is 0 Å². The number of ether oxygens (including phenoxy) is 2. The van der Waals surface area contributed by atoms with E-state index in [1.165, 1.54) is 43.2 Å². The molecule has 1 aliphatic carbocycles. The van der Waals surface area contributed by atoms with Gasteiger partial charge in [0.2, 0.25) is 0 Å². The molecule has 0 spiro atoms. The third-order valence-corrected chi connectivity index (χ3v) is 4.77. The van der Waals surface area contributed by atoms with Crippen molar-refractivity contribution < 1.29 is 9.47 Å². The molecule has 0 radical (unpaired) electrons. The Kier molecular flexibility index (Phi) is 4.74. The lowest BCUT2D eigenvalue weighted by Gasteiger charge is -2.35. The monoisotopic (exact) mass is 274 g/mol. The van der Waals surface area contributed by atoms with Gasteiger partial charge >= 0.3 is 0 Å². The molecule has 0 atom stereocenters. The largest absolute Gasteiger partial charge is 0.352 e. The van der Waals surface area contributed by atoms with Gasteiger partial charge in [0.15, 0.2) is 6.29 Å². The molecule has 0 bridgehead atoms. The first-order valence-corrected chi connectivity index (χ1v) is 8.10. The fraction of sp³-hybridized carbons (Fsp3) is 0.667. The van der Waals surface area contributed by atoms with Crippen LogP contribution in [0, 0.1) is 18.8 Å². The van der Waals surface area contributed by atoms with Gasteiger partial charge in [-0.05, 0) is 56.9 Å². The molecule has 0 unspecified atom stereocenters. The Labute approximate surface area is 122 Å². The molecule has 1 aromatic carbocycles. The molecule has 1 aliphatic heterocycles. The zero-order valence-corrected chi connectivity index (χ0v) is 12.5. The van der Waals surface area contributed by atoms with Crippen LogP contribution in [0.4, 0.5) is 0 Å². The highest BCUT2D eigenvalue weighted by Crippen LogP contribution is 2.34. The molecule has 2 nitrogen and oxygen atoms in total. The summed E-state index contributed by atoms with van der Waals surface area (Å²) in [5, 5.41) is 0. The standard InChI is InChI=1S/C18H26O2/c1-14-3-5-15(6-4-14)13-16-7-9-17(10-8-16)18-19-11-2-12-20-18/h3-6,16-18H,2,7-13H2,1H3. The summed E-state index contributed by atoms with van der Waals surface area (Å²) in [6, 6.07) is 9.03. The zero-order chi connectivity index (χ0) is 13.8. The van der Waals surface area contributed by atoms with E-state index < -0.39 is 0 Å². The minimum Gasteiger partial charge on any atom is -0.352 e. The van der Waals surface area contributed by atoms with E-state index in [1.54, 1.807) is 0 Å². The van der Waals surface area contributed by atoms with Gasteiger partial charge in [0.05, 0.1) is 13.2 Å². The Morgan fingerprint density at radius 2 is 1.60 bits per heavy atom. The quantitative estimate of drug-likeness (QED) is 0.826. The summed E-state index contributed by atoms with van der Waals surface area (Å²) in [6.45, 7) is 3.92. The Hall–Kier alpha value is -0.860. The van der Waals surface area contributed by atoms with Gasteiger partial charge < -0.3 is 9.47 Å². The highest BCUT2D eigenvalue weighted by molar-refractivity contribution is 5.21. The summed E-state index contributed by atoms with van der Waals surface area (Å²) >= 11 is 0. The molecule has 1 saturated carbocycles. The molecule has 1 heterocycles. The molecule has 2 aliphatic rings. The zero-order valence-electron chi connectivity index (χ0n) is 12.5. The van der Waals surface area contributed by atoms with Crippen LogP contribution in [0.25, 0.3) is 0 Å². The van der Waals surface area contributed by atoms with Crippen LogP contribution in [0.1, 0.15) is 43.2 Å². The lowest BCUT2D eigenvalue weighted by molar-refractivity contribution is -0.210. The van der Waals surface area contributed by atoms with Crippen molar-refractivity contribution in [2.75, 3.05) is 13.2 Å². The lowest BCUT2D eigenvalue weighted by atomic mass is 9.79. The van der Waals surface area contributed by atoms with Gasteiger partial charge in [0.1, 0.15) is 0 Å². The fourth-order valence-corrected chi connectivity index (χ4v) is 3.50. The highest BCUT2D eigenvalue weighted by Gasteiger charge is 2.30. The number of hydrogen-bond donors (Lipinski definition) is 0. The van der Waals surface area contributed by atoms with Gasteiger partial charge in [-0.15, -0.1) is 0 Å². The van der Waals surface area contributed by atoms with Gasteiger partial charge in [-0.3, -0.25) is 0 Å². The molecule has 3 rings (SSSR count). The molecule has 20 heavy (non-hydrogen) atoms. The maximum atomic E-state index is 5.76. The fourth-order valence-electron chi connectivity index (χ4n) is 3.50. The Balaban J connectivity index is 1.47. The normalized spacial score (nSPS) is 28.4. The second-order valence-corrected chi connectivity index (χ2v) is 6.43. The van der Waals surface area contributed by atoms with Gasteiger partial charge in [-0.2, -0.15) is 0 Å². The van der Waals surface area contributed by atoms with Crippen molar-refractivity contribution in [3.63, 3.8) is 0 Å². The highest BCUT2D eigenvalue weighted by atomic mass is 16.7. The van der Waals surface area contributed by atoms with E-state index in [9.17, 15) is 0 Å². The van der Waals surface area contributed by atoms with Crippen LogP contribution < -0.4 is 0 Å². The van der Waals surface area contributed by atoms with Crippen LogP contribution in [0.15, 0.2) is 24.3 Å². The Morgan fingerprint density at radius 3 is 2.25 bits per heavy atom. The molecular formula is C18H26O2. The van der Waals surface area contributed by atoms with E-state index in [0.717, 1.165) is 25.6 Å². The number of benzene rings is 1. The van der Waals surface area contributed by atoms with E-state index in [2.05, 4.69) is 31.2 Å². The number of aryl methyl sites for hydroxylation is 1. The van der Waals surface area contributed by atoms with Crippen LogP contribution in [0.5, 0.6) is 0 Å². The van der Waals surface area contributed by atoms with Crippen molar-refractivity contribution in [3.05, 3.63) is 35.4 Å². The first kappa shape index (κ1) is 14.1. The summed E-state index contributed by atoms with van der Waals surface area (Å²) in [7, 11) is 0. The maximum absolute atomic E-state index is 5.76. The van der Waals surface area contributed by atoms with Crippen molar-refractivity contribution in [2.45, 2.75) is 51.7 Å². The minimum absolute atomic E-state index is 0.0871. The summed E-state index contributed by atoms with van der Waals surface area (Å²) in [4.78, 5) is 0. The third kappa shape index (κ3) is 3.62. The van der Waals surface area contributed by atoms with E-state index >= 15 is 0 Å². The van der Waals surface area contributed by atoms with E-state index in [-0.39, 0.29) is 6.29 Å². The van der Waals surface area contributed by atoms with Crippen LogP contribution in [-0.2, 0) is 15.9 Å². The second kappa shape index (κ2) is 6.73. The molecule has 110 valence electrons. The van der Waals surface area contributed by atoms with Gasteiger partial charge in [0.25, 0.3) is 0 Å². The van der Waals surface area contributed by atoms with Crippen molar-refractivity contribution in [2.24, 2.45) is 11.8 Å². The van der Waals surface area contributed by atoms with Crippen LogP contribution in [0.2, 0.25) is 0 Å². The average molecular weight is 274 g/mol. The molecule has 0 aromatic heterocycles. The summed E-state index contributed by atoms with van der Waals surface area (Å²) in [5.41, 5.74) is 2.84. The van der Waals surface area contributed by atoms with Gasteiger partial charge in [0, 0.05) is 5.92 Å². The average Bonchev–Trinajstić information content (AvgIpc) is 2.51. The van der Waals surface area contributed by atoms with Crippen LogP contribution in [-0.4, -0.2) is 19.5 Å². The van der Waals surface area contributed by atoms with Crippen LogP contribution >= 0.6 is 0 Å². The maximum Gasteiger partial charge on any atom is 0.160 e. The van der Waals surface area contributed by atoms with Crippen LogP contribution in [0.3, 0.4) is 0 Å². The van der Waals surface area contributed by atoms with Crippen molar-refractivity contribution >= 4 is 0 Å². The smallest absolute Gasteiger partial charge is 0.160 e. The first-order chi connectivity index (χ1) is 9.81. The SMILES string of the molecule is Cc1ccc(CC2CCC(C3OCCCO3)CC2)cc1. The molecule has 1 saturated heterocycles. The van der Waals surface area contributed by atoms with Gasteiger partial charge in [-0.25, -0.2) is 0 Å². The molecular weight excluding hydrogens is 248 g/mol. The summed E-state index contributed by atoms with van der Waals surface area (Å²) in [5.74, 6) is 1.47. The summed E-state index contributed by atoms with van der Waals surface area (Å²) < 4.78 is 11.5. The second-order valence-electron chi connectivity index (χ2n) is 6.43. The Bertz CT molecular complexity index is 398. The van der Waals surface area contributed by atoms with E-state index in [1.807, 2.05) is 0 Å². The molecule has 1 aromatic rings. The van der Waals surface area contributed by atoms with Crippen molar-refractivity contribution in [1.29, 1.82) is 0 Å². The molecule has 2 heteroatoms. The minimum atomic E-state index is 0.0871. The van der Waals surface area contributed by atoms with Crippen molar-refractivity contribution in [3.8, 4) is 0 Å². The summed E-state index contributed by atoms with van der Waals surface area (Å²) in [6.07, 6.45) is 7.55. The van der Waals surface area contributed by atoms with E-state index in [0.29, 0.717) is 5.92 Å². The first-order valence-electron chi connectivity index (χ1n) is 8.10. The topological polar surface area (TPSA) is 18.5 Å². The number of hydrogen-bond acceptors (Lipinski definition) is 2. The lowest BCUT2D eigenvalue weighted by Crippen LogP contribution is -2.34. The predicted molar refractivity (Wildman–Crippen MR) is 80.6 cm³/mol. The number of rotatable bonds is 3. The molecule has 0 N–H and O–H groups in total. The Morgan fingerprint density at radius 1 is 0.950 bits per heavy atom. The third-order valence-electron chi connectivity index (χ3n) is 4.77. The molecule has 0 amide bonds. The molecule has 2 fully saturated rings. The van der Waals surface area contributed by atoms with E-state index in [4.69, 9.17) is 9.47 Å². The predicted octanol–water partition coefficient (Wildman–Crippen LogP) is 4.11. The van der Waals surface area contributed by atoms with Gasteiger partial charge in [-0.1, -0.05) is 29.8 Å².